The fourth-order valence-corrected chi connectivity index (χ4v) is 6.67. The van der Waals surface area contributed by atoms with Crippen molar-refractivity contribution >= 4 is 39.9 Å². The van der Waals surface area contributed by atoms with Gasteiger partial charge in [-0.2, -0.15) is 0 Å². The minimum atomic E-state index is 0.0667. The summed E-state index contributed by atoms with van der Waals surface area (Å²) >= 11 is 0. The van der Waals surface area contributed by atoms with Crippen LogP contribution in [-0.4, -0.2) is 6.04 Å². The molecule has 184 valence electrons. The molecule has 4 heteroatoms. The van der Waals surface area contributed by atoms with Crippen molar-refractivity contribution in [1.29, 1.82) is 0 Å². The molecule has 0 amide bonds. The maximum absolute atomic E-state index is 6.38. The van der Waals surface area contributed by atoms with Crippen LogP contribution in [0.2, 0.25) is 0 Å². The molecular formula is C33H31N3O. The van der Waals surface area contributed by atoms with E-state index in [9.17, 15) is 0 Å². The van der Waals surface area contributed by atoms with Crippen LogP contribution in [-0.2, 0) is 6.54 Å². The van der Waals surface area contributed by atoms with Gasteiger partial charge in [0.15, 0.2) is 5.88 Å². The molecule has 0 radical (unpaired) electrons. The molecule has 7 rings (SSSR count). The highest BCUT2D eigenvalue weighted by Gasteiger charge is 2.47. The van der Waals surface area contributed by atoms with Crippen LogP contribution in [0.4, 0.5) is 17.3 Å². The summed E-state index contributed by atoms with van der Waals surface area (Å²) in [6.07, 6.45) is 8.94. The van der Waals surface area contributed by atoms with Gasteiger partial charge in [-0.15, -0.1) is 0 Å². The molecule has 3 unspecified atom stereocenters. The van der Waals surface area contributed by atoms with Gasteiger partial charge in [-0.1, -0.05) is 84.5 Å². The highest BCUT2D eigenvalue weighted by atomic mass is 16.3. The van der Waals surface area contributed by atoms with Crippen LogP contribution >= 0.6 is 0 Å². The summed E-state index contributed by atoms with van der Waals surface area (Å²) in [6.45, 7) is 7.51. The number of anilines is 3. The van der Waals surface area contributed by atoms with Gasteiger partial charge in [0.1, 0.15) is 11.7 Å². The zero-order valence-electron chi connectivity index (χ0n) is 21.5. The number of rotatable bonds is 4. The summed E-state index contributed by atoms with van der Waals surface area (Å²) in [5.41, 5.74) is 17.4. The van der Waals surface area contributed by atoms with E-state index in [0.29, 0.717) is 11.8 Å². The van der Waals surface area contributed by atoms with Crippen LogP contribution < -0.4 is 15.5 Å². The fourth-order valence-electron chi connectivity index (χ4n) is 6.67. The van der Waals surface area contributed by atoms with Crippen LogP contribution in [0.25, 0.3) is 22.6 Å². The summed E-state index contributed by atoms with van der Waals surface area (Å²) in [5, 5.41) is 1.09. The third-order valence-corrected chi connectivity index (χ3v) is 8.35. The summed E-state index contributed by atoms with van der Waals surface area (Å²) in [6, 6.07) is 24.2. The van der Waals surface area contributed by atoms with Crippen molar-refractivity contribution in [3.8, 4) is 0 Å². The molecule has 1 aliphatic carbocycles. The molecule has 3 aromatic carbocycles. The molecule has 0 saturated carbocycles. The summed E-state index contributed by atoms with van der Waals surface area (Å²) in [4.78, 5) is 5.14. The lowest BCUT2D eigenvalue weighted by Crippen LogP contribution is -2.41. The van der Waals surface area contributed by atoms with Crippen LogP contribution in [0.3, 0.4) is 0 Å². The van der Waals surface area contributed by atoms with Crippen molar-refractivity contribution in [3.63, 3.8) is 0 Å². The Morgan fingerprint density at radius 2 is 1.76 bits per heavy atom. The molecular weight excluding hydrogens is 454 g/mol. The fraction of sp³-hybridized carbons (Fsp3) is 0.212. The third kappa shape index (κ3) is 3.15. The number of hydrogen-bond donors (Lipinski definition) is 1. The predicted octanol–water partition coefficient (Wildman–Crippen LogP) is 7.94. The number of nitrogens with zero attached hydrogens (tertiary/aromatic N) is 2. The average molecular weight is 486 g/mol. The zero-order chi connectivity index (χ0) is 25.3. The lowest BCUT2D eigenvalue weighted by atomic mass is 9.93. The van der Waals surface area contributed by atoms with Gasteiger partial charge in [-0.05, 0) is 49.6 Å². The van der Waals surface area contributed by atoms with E-state index in [2.05, 4.69) is 103 Å². The second kappa shape index (κ2) is 8.17. The van der Waals surface area contributed by atoms with Gasteiger partial charge in [0, 0.05) is 35.0 Å². The Balaban J connectivity index is 1.37. The average Bonchev–Trinajstić information content (AvgIpc) is 3.65. The SMILES string of the molecule is CC=Cc1c(N)oc2c3c(ccc12)CN1c2ccccc2N(C(C)C2C=C(c4ccccc4)C=C2C)C31. The Bertz CT molecular complexity index is 1620. The molecule has 0 saturated heterocycles. The van der Waals surface area contributed by atoms with Crippen molar-refractivity contribution in [2.45, 2.75) is 39.5 Å². The second-order valence-corrected chi connectivity index (χ2v) is 10.4. The Morgan fingerprint density at radius 1 is 1.00 bits per heavy atom. The van der Waals surface area contributed by atoms with Gasteiger partial charge >= 0.3 is 0 Å². The number of furan rings is 1. The quantitative estimate of drug-likeness (QED) is 0.319. The molecule has 3 heterocycles. The first-order valence-electron chi connectivity index (χ1n) is 13.1. The highest BCUT2D eigenvalue weighted by Crippen LogP contribution is 2.55. The van der Waals surface area contributed by atoms with Gasteiger partial charge in [-0.3, -0.25) is 0 Å². The number of nitrogen functional groups attached to an aromatic ring is 1. The number of benzene rings is 3. The topological polar surface area (TPSA) is 45.6 Å². The van der Waals surface area contributed by atoms with Crippen molar-refractivity contribution in [1.82, 2.24) is 0 Å². The van der Waals surface area contributed by atoms with Crippen LogP contribution in [0.1, 0.15) is 49.2 Å². The van der Waals surface area contributed by atoms with Gasteiger partial charge in [0.05, 0.1) is 11.4 Å². The maximum Gasteiger partial charge on any atom is 0.198 e. The number of allylic oxidation sites excluding steroid dienone is 3. The predicted molar refractivity (Wildman–Crippen MR) is 154 cm³/mol. The van der Waals surface area contributed by atoms with Crippen molar-refractivity contribution < 1.29 is 4.42 Å². The Hall–Kier alpha value is -4.18. The van der Waals surface area contributed by atoms with Crippen LogP contribution in [0, 0.1) is 5.92 Å². The van der Waals surface area contributed by atoms with Gasteiger partial charge in [0.25, 0.3) is 0 Å². The van der Waals surface area contributed by atoms with E-state index in [4.69, 9.17) is 10.2 Å². The second-order valence-electron chi connectivity index (χ2n) is 10.4. The lowest BCUT2D eigenvalue weighted by Gasteiger charge is -2.37. The Labute approximate surface area is 218 Å². The third-order valence-electron chi connectivity index (χ3n) is 8.35. The first-order valence-corrected chi connectivity index (χ1v) is 13.1. The normalized spacial score (nSPS) is 20.8. The number of para-hydroxylation sites is 2. The molecule has 2 aliphatic heterocycles. The van der Waals surface area contributed by atoms with E-state index in [1.165, 1.54) is 39.2 Å². The monoisotopic (exact) mass is 485 g/mol. The minimum Gasteiger partial charge on any atom is -0.440 e. The molecule has 0 fully saturated rings. The van der Waals surface area contributed by atoms with E-state index in [0.717, 1.165) is 23.1 Å². The smallest absolute Gasteiger partial charge is 0.198 e. The summed E-state index contributed by atoms with van der Waals surface area (Å²) < 4.78 is 6.30. The van der Waals surface area contributed by atoms with Gasteiger partial charge in [0.2, 0.25) is 0 Å². The molecule has 4 nitrogen and oxygen atoms in total. The zero-order valence-corrected chi connectivity index (χ0v) is 21.5. The first-order chi connectivity index (χ1) is 18.1. The highest BCUT2D eigenvalue weighted by molar-refractivity contribution is 5.97. The van der Waals surface area contributed by atoms with E-state index in [1.807, 2.05) is 19.1 Å². The first kappa shape index (κ1) is 22.1. The largest absolute Gasteiger partial charge is 0.440 e. The molecule has 4 aromatic rings. The Kier molecular flexibility index (Phi) is 4.87. The van der Waals surface area contributed by atoms with E-state index < -0.39 is 0 Å². The van der Waals surface area contributed by atoms with Crippen molar-refractivity contribution in [2.75, 3.05) is 15.5 Å². The van der Waals surface area contributed by atoms with Crippen LogP contribution in [0.15, 0.2) is 94.9 Å². The maximum atomic E-state index is 6.38. The number of fused-ring (bicyclic) bond motifs is 7. The van der Waals surface area contributed by atoms with E-state index in [1.54, 1.807) is 0 Å². The molecule has 0 spiro atoms. The van der Waals surface area contributed by atoms with E-state index in [-0.39, 0.29) is 12.2 Å². The van der Waals surface area contributed by atoms with Gasteiger partial charge < -0.3 is 20.0 Å². The van der Waals surface area contributed by atoms with Gasteiger partial charge in [-0.25, -0.2) is 0 Å². The molecule has 2 N–H and O–H groups in total. The van der Waals surface area contributed by atoms with Crippen molar-refractivity contribution in [3.05, 3.63) is 113 Å². The van der Waals surface area contributed by atoms with Crippen LogP contribution in [0.5, 0.6) is 0 Å². The minimum absolute atomic E-state index is 0.0667. The summed E-state index contributed by atoms with van der Waals surface area (Å²) in [7, 11) is 0. The molecule has 0 bridgehead atoms. The number of hydrogen-bond acceptors (Lipinski definition) is 4. The summed E-state index contributed by atoms with van der Waals surface area (Å²) in [5.74, 6) is 0.798. The number of nitrogens with two attached hydrogens (primary N) is 1. The van der Waals surface area contributed by atoms with Crippen molar-refractivity contribution in [2.24, 2.45) is 5.92 Å². The molecule has 1 aromatic heterocycles. The Morgan fingerprint density at radius 3 is 2.54 bits per heavy atom. The molecule has 3 aliphatic rings. The lowest BCUT2D eigenvalue weighted by molar-refractivity contribution is 0.499. The van der Waals surface area contributed by atoms with E-state index >= 15 is 0 Å². The standard InChI is InChI=1S/C33H31N3O/c1-4-10-26-25-16-15-23-19-35-28-13-8-9-14-29(28)36(33(35)30(23)31(25)37-32(26)34)21(3)27-18-24(17-20(27)2)22-11-6-5-7-12-22/h4-18,21,27,33H,19,34H2,1-3H3. The molecule has 3 atom stereocenters. The molecule has 37 heavy (non-hydrogen) atoms.